The van der Waals surface area contributed by atoms with Crippen molar-refractivity contribution in [1.82, 2.24) is 15.2 Å². The Bertz CT molecular complexity index is 483. The standard InChI is InChI=1S/C11H15BrN4O2/c1-17-5-3-16-11(9(12)6-14-16)10(15-13)8-2-4-18-7-8/h2,4,6-7,10,15H,3,5,13H2,1H3. The molecule has 2 aromatic heterocycles. The van der Waals surface area contributed by atoms with Crippen LogP contribution in [0, 0.1) is 0 Å². The molecule has 0 bridgehead atoms. The third-order valence-corrected chi connectivity index (χ3v) is 3.27. The lowest BCUT2D eigenvalue weighted by atomic mass is 10.1. The lowest BCUT2D eigenvalue weighted by molar-refractivity contribution is 0.182. The highest BCUT2D eigenvalue weighted by atomic mass is 79.9. The Morgan fingerprint density at radius 2 is 2.50 bits per heavy atom. The first-order chi connectivity index (χ1) is 8.77. The predicted octanol–water partition coefficient (Wildman–Crippen LogP) is 1.44. The highest BCUT2D eigenvalue weighted by Gasteiger charge is 2.21. The molecule has 3 N–H and O–H groups in total. The molecule has 2 aromatic rings. The van der Waals surface area contributed by atoms with Crippen LogP contribution >= 0.6 is 15.9 Å². The van der Waals surface area contributed by atoms with E-state index < -0.39 is 0 Å². The summed E-state index contributed by atoms with van der Waals surface area (Å²) < 4.78 is 12.9. The topological polar surface area (TPSA) is 78.2 Å². The number of rotatable bonds is 6. The molecule has 0 aliphatic rings. The Kier molecular flexibility index (Phi) is 4.54. The first-order valence-electron chi connectivity index (χ1n) is 5.46. The van der Waals surface area contributed by atoms with Gasteiger partial charge >= 0.3 is 0 Å². The lowest BCUT2D eigenvalue weighted by Crippen LogP contribution is -2.31. The van der Waals surface area contributed by atoms with E-state index in [1.165, 1.54) is 0 Å². The maximum absolute atomic E-state index is 5.64. The van der Waals surface area contributed by atoms with Crippen molar-refractivity contribution in [3.63, 3.8) is 0 Å². The van der Waals surface area contributed by atoms with Gasteiger partial charge in [-0.3, -0.25) is 10.5 Å². The number of aromatic nitrogens is 2. The van der Waals surface area contributed by atoms with Crippen LogP contribution in [0.5, 0.6) is 0 Å². The highest BCUT2D eigenvalue weighted by molar-refractivity contribution is 9.10. The Hall–Kier alpha value is -1.15. The van der Waals surface area contributed by atoms with E-state index >= 15 is 0 Å². The molecular weight excluding hydrogens is 300 g/mol. The molecule has 7 heteroatoms. The Labute approximate surface area is 113 Å². The predicted molar refractivity (Wildman–Crippen MR) is 69.7 cm³/mol. The number of nitrogens with two attached hydrogens (primary N) is 1. The van der Waals surface area contributed by atoms with Crippen molar-refractivity contribution in [2.75, 3.05) is 13.7 Å². The van der Waals surface area contributed by atoms with Crippen molar-refractivity contribution in [3.8, 4) is 0 Å². The van der Waals surface area contributed by atoms with Crippen LogP contribution in [0.25, 0.3) is 0 Å². The summed E-state index contributed by atoms with van der Waals surface area (Å²) >= 11 is 3.49. The molecule has 0 aliphatic heterocycles. The Morgan fingerprint density at radius 1 is 1.67 bits per heavy atom. The fourth-order valence-corrected chi connectivity index (χ4v) is 2.31. The summed E-state index contributed by atoms with van der Waals surface area (Å²) in [6.07, 6.45) is 5.02. The van der Waals surface area contributed by atoms with Crippen LogP contribution in [-0.4, -0.2) is 23.5 Å². The number of nitrogens with one attached hydrogen (secondary N) is 1. The molecule has 2 heterocycles. The van der Waals surface area contributed by atoms with Gasteiger partial charge in [-0.2, -0.15) is 5.10 Å². The zero-order chi connectivity index (χ0) is 13.0. The molecule has 0 aromatic carbocycles. The highest BCUT2D eigenvalue weighted by Crippen LogP contribution is 2.28. The van der Waals surface area contributed by atoms with Crippen LogP contribution in [0.1, 0.15) is 17.3 Å². The van der Waals surface area contributed by atoms with Crippen molar-refractivity contribution in [1.29, 1.82) is 0 Å². The van der Waals surface area contributed by atoms with Gasteiger partial charge in [-0.1, -0.05) is 0 Å². The number of hydrogen-bond donors (Lipinski definition) is 2. The average molecular weight is 315 g/mol. The van der Waals surface area contributed by atoms with Crippen LogP contribution in [0.3, 0.4) is 0 Å². The number of furan rings is 1. The zero-order valence-corrected chi connectivity index (χ0v) is 11.6. The van der Waals surface area contributed by atoms with Crippen LogP contribution in [-0.2, 0) is 11.3 Å². The molecule has 0 saturated heterocycles. The second-order valence-corrected chi connectivity index (χ2v) is 4.60. The minimum atomic E-state index is -0.183. The minimum Gasteiger partial charge on any atom is -0.472 e. The second kappa shape index (κ2) is 6.14. The van der Waals surface area contributed by atoms with Crippen LogP contribution in [0.4, 0.5) is 0 Å². The van der Waals surface area contributed by atoms with Crippen molar-refractivity contribution in [3.05, 3.63) is 40.5 Å². The van der Waals surface area contributed by atoms with Gasteiger partial charge in [0.05, 0.1) is 48.1 Å². The summed E-state index contributed by atoms with van der Waals surface area (Å²) in [6.45, 7) is 1.25. The molecule has 1 atom stereocenters. The third kappa shape index (κ3) is 2.64. The summed E-state index contributed by atoms with van der Waals surface area (Å²) in [5.41, 5.74) is 4.66. The Balaban J connectivity index is 2.32. The maximum Gasteiger partial charge on any atom is 0.0954 e. The fourth-order valence-electron chi connectivity index (χ4n) is 1.79. The Morgan fingerprint density at radius 3 is 3.11 bits per heavy atom. The smallest absolute Gasteiger partial charge is 0.0954 e. The average Bonchev–Trinajstić information content (AvgIpc) is 3.00. The quantitative estimate of drug-likeness (QED) is 0.623. The number of methoxy groups -OCH3 is 1. The van der Waals surface area contributed by atoms with Crippen molar-refractivity contribution >= 4 is 15.9 Å². The van der Waals surface area contributed by atoms with Gasteiger partial charge in [-0.25, -0.2) is 5.43 Å². The molecule has 1 unspecified atom stereocenters. The maximum atomic E-state index is 5.64. The second-order valence-electron chi connectivity index (χ2n) is 3.75. The van der Waals surface area contributed by atoms with E-state index in [9.17, 15) is 0 Å². The van der Waals surface area contributed by atoms with Gasteiger partial charge in [0, 0.05) is 12.7 Å². The fraction of sp³-hybridized carbons (Fsp3) is 0.364. The summed E-state index contributed by atoms with van der Waals surface area (Å²) in [4.78, 5) is 0. The SMILES string of the molecule is COCCn1ncc(Br)c1C(NN)c1ccoc1. The molecule has 0 saturated carbocycles. The van der Waals surface area contributed by atoms with Crippen LogP contribution in [0.15, 0.2) is 33.7 Å². The lowest BCUT2D eigenvalue weighted by Gasteiger charge is -2.17. The number of nitrogens with zero attached hydrogens (tertiary/aromatic N) is 2. The molecular formula is C11H15BrN4O2. The normalized spacial score (nSPS) is 12.8. The number of halogens is 1. The van der Waals surface area contributed by atoms with Crippen LogP contribution < -0.4 is 11.3 Å². The monoisotopic (exact) mass is 314 g/mol. The van der Waals surface area contributed by atoms with E-state index in [0.29, 0.717) is 13.2 Å². The van der Waals surface area contributed by atoms with E-state index in [4.69, 9.17) is 15.0 Å². The molecule has 98 valence electrons. The molecule has 2 rings (SSSR count). The van der Waals surface area contributed by atoms with Crippen molar-refractivity contribution in [2.24, 2.45) is 5.84 Å². The van der Waals surface area contributed by atoms with E-state index in [1.807, 2.05) is 10.7 Å². The zero-order valence-electron chi connectivity index (χ0n) is 9.97. The van der Waals surface area contributed by atoms with Gasteiger partial charge in [0.1, 0.15) is 0 Å². The van der Waals surface area contributed by atoms with E-state index in [2.05, 4.69) is 26.5 Å². The van der Waals surface area contributed by atoms with Gasteiger partial charge in [0.15, 0.2) is 0 Å². The van der Waals surface area contributed by atoms with Gasteiger partial charge in [-0.15, -0.1) is 0 Å². The van der Waals surface area contributed by atoms with Gasteiger partial charge < -0.3 is 9.15 Å². The van der Waals surface area contributed by atoms with Crippen LogP contribution in [0.2, 0.25) is 0 Å². The van der Waals surface area contributed by atoms with E-state index in [0.717, 1.165) is 15.7 Å². The van der Waals surface area contributed by atoms with Gasteiger partial charge in [0.2, 0.25) is 0 Å². The molecule has 0 fully saturated rings. The van der Waals surface area contributed by atoms with Gasteiger partial charge in [0.25, 0.3) is 0 Å². The van der Waals surface area contributed by atoms with Crippen molar-refractivity contribution in [2.45, 2.75) is 12.6 Å². The summed E-state index contributed by atoms with van der Waals surface area (Å²) in [5, 5.41) is 4.30. The molecule has 6 nitrogen and oxygen atoms in total. The number of ether oxygens (including phenoxy) is 1. The van der Waals surface area contributed by atoms with Gasteiger partial charge in [-0.05, 0) is 22.0 Å². The first-order valence-corrected chi connectivity index (χ1v) is 6.25. The first kappa shape index (κ1) is 13.3. The third-order valence-electron chi connectivity index (χ3n) is 2.66. The minimum absolute atomic E-state index is 0.183. The summed E-state index contributed by atoms with van der Waals surface area (Å²) in [6, 6.07) is 1.68. The molecule has 18 heavy (non-hydrogen) atoms. The number of hydrogen-bond acceptors (Lipinski definition) is 5. The number of hydrazine groups is 1. The molecule has 0 radical (unpaired) electrons. The largest absolute Gasteiger partial charge is 0.472 e. The van der Waals surface area contributed by atoms with E-state index in [-0.39, 0.29) is 6.04 Å². The summed E-state index contributed by atoms with van der Waals surface area (Å²) in [7, 11) is 1.66. The van der Waals surface area contributed by atoms with Crippen molar-refractivity contribution < 1.29 is 9.15 Å². The molecule has 0 aliphatic carbocycles. The van der Waals surface area contributed by atoms with E-state index in [1.54, 1.807) is 25.8 Å². The summed E-state index contributed by atoms with van der Waals surface area (Å²) in [5.74, 6) is 5.64. The molecule has 0 amide bonds. The molecule has 0 spiro atoms.